The smallest absolute Gasteiger partial charge is 0.241 e. The molecule has 0 saturated heterocycles. The zero-order chi connectivity index (χ0) is 23.2. The van der Waals surface area contributed by atoms with Crippen LogP contribution in [-0.4, -0.2) is 34.2 Å². The van der Waals surface area contributed by atoms with Crippen LogP contribution in [-0.2, 0) is 14.8 Å². The minimum atomic E-state index is -3.62. The standard InChI is InChI=1S/C24H34N2O4S/c1-17(2)15-23(20-9-13-22(30-5)14-10-20)25-24(27)16-26(31(6,28)29)21-11-7-19(8-12-21)18(3)4/h7-14,17-18,23H,15-16H2,1-6H3,(H,25,27). The van der Waals surface area contributed by atoms with E-state index in [-0.39, 0.29) is 18.5 Å². The van der Waals surface area contributed by atoms with Crippen molar-refractivity contribution in [1.82, 2.24) is 5.32 Å². The highest BCUT2D eigenvalue weighted by atomic mass is 32.2. The first-order chi connectivity index (χ1) is 14.5. The Morgan fingerprint density at radius 2 is 1.52 bits per heavy atom. The number of rotatable bonds is 10. The molecule has 0 heterocycles. The lowest BCUT2D eigenvalue weighted by atomic mass is 9.97. The van der Waals surface area contributed by atoms with Gasteiger partial charge >= 0.3 is 0 Å². The number of anilines is 1. The van der Waals surface area contributed by atoms with Crippen LogP contribution in [0.3, 0.4) is 0 Å². The summed E-state index contributed by atoms with van der Waals surface area (Å²) in [5.74, 6) is 1.08. The van der Waals surface area contributed by atoms with Gasteiger partial charge in [-0.3, -0.25) is 9.10 Å². The van der Waals surface area contributed by atoms with Gasteiger partial charge < -0.3 is 10.1 Å². The SMILES string of the molecule is COc1ccc(C(CC(C)C)NC(=O)CN(c2ccc(C(C)C)cc2)S(C)(=O)=O)cc1. The highest BCUT2D eigenvalue weighted by Gasteiger charge is 2.23. The van der Waals surface area contributed by atoms with Gasteiger partial charge in [0.1, 0.15) is 12.3 Å². The van der Waals surface area contributed by atoms with Gasteiger partial charge in [0, 0.05) is 0 Å². The van der Waals surface area contributed by atoms with Crippen LogP contribution < -0.4 is 14.4 Å². The number of carbonyl (C=O) groups is 1. The van der Waals surface area contributed by atoms with Crippen molar-refractivity contribution in [2.75, 3.05) is 24.2 Å². The molecule has 2 aromatic rings. The zero-order valence-corrected chi connectivity index (χ0v) is 20.1. The van der Waals surface area contributed by atoms with Crippen LogP contribution in [0.4, 0.5) is 5.69 Å². The summed E-state index contributed by atoms with van der Waals surface area (Å²) in [6.45, 7) is 8.05. The molecular formula is C24H34N2O4S. The van der Waals surface area contributed by atoms with Crippen LogP contribution in [0.15, 0.2) is 48.5 Å². The molecule has 2 rings (SSSR count). The molecule has 0 spiro atoms. The van der Waals surface area contributed by atoms with Gasteiger partial charge in [0.2, 0.25) is 15.9 Å². The Morgan fingerprint density at radius 1 is 0.968 bits per heavy atom. The largest absolute Gasteiger partial charge is 0.497 e. The van der Waals surface area contributed by atoms with Crippen molar-refractivity contribution in [3.8, 4) is 5.75 Å². The van der Waals surface area contributed by atoms with Gasteiger partial charge in [-0.2, -0.15) is 0 Å². The molecule has 6 nitrogen and oxygen atoms in total. The number of methoxy groups -OCH3 is 1. The average molecular weight is 447 g/mol. The molecule has 1 amide bonds. The molecule has 1 N–H and O–H groups in total. The molecule has 0 aliphatic rings. The number of ether oxygens (including phenoxy) is 1. The Labute approximate surface area is 186 Å². The fourth-order valence-corrected chi connectivity index (χ4v) is 4.24. The maximum Gasteiger partial charge on any atom is 0.241 e. The fraction of sp³-hybridized carbons (Fsp3) is 0.458. The Kier molecular flexibility index (Phi) is 8.51. The summed E-state index contributed by atoms with van der Waals surface area (Å²) >= 11 is 0. The van der Waals surface area contributed by atoms with Crippen molar-refractivity contribution in [2.45, 2.75) is 46.1 Å². The van der Waals surface area contributed by atoms with Crippen molar-refractivity contribution in [3.63, 3.8) is 0 Å². The van der Waals surface area contributed by atoms with Gasteiger partial charge in [-0.25, -0.2) is 8.42 Å². The average Bonchev–Trinajstić information content (AvgIpc) is 2.70. The molecule has 0 bridgehead atoms. The molecule has 7 heteroatoms. The van der Waals surface area contributed by atoms with Crippen molar-refractivity contribution in [2.24, 2.45) is 5.92 Å². The topological polar surface area (TPSA) is 75.7 Å². The van der Waals surface area contributed by atoms with Crippen molar-refractivity contribution in [3.05, 3.63) is 59.7 Å². The van der Waals surface area contributed by atoms with Crippen LogP contribution in [0.2, 0.25) is 0 Å². The normalized spacial score (nSPS) is 12.6. The lowest BCUT2D eigenvalue weighted by Gasteiger charge is -2.25. The second-order valence-electron chi connectivity index (χ2n) is 8.54. The number of hydrogen-bond donors (Lipinski definition) is 1. The van der Waals surface area contributed by atoms with E-state index in [2.05, 4.69) is 33.0 Å². The predicted octanol–water partition coefficient (Wildman–Crippen LogP) is 4.49. The molecule has 0 radical (unpaired) electrons. The van der Waals surface area contributed by atoms with Crippen molar-refractivity contribution in [1.29, 1.82) is 0 Å². The van der Waals surface area contributed by atoms with Gasteiger partial charge in [0.15, 0.2) is 0 Å². The number of sulfonamides is 1. The van der Waals surface area contributed by atoms with E-state index in [0.717, 1.165) is 33.9 Å². The van der Waals surface area contributed by atoms with Crippen molar-refractivity contribution < 1.29 is 17.9 Å². The number of nitrogens with one attached hydrogen (secondary N) is 1. The lowest BCUT2D eigenvalue weighted by Crippen LogP contribution is -2.41. The summed E-state index contributed by atoms with van der Waals surface area (Å²) in [5, 5.41) is 3.02. The highest BCUT2D eigenvalue weighted by Crippen LogP contribution is 2.25. The van der Waals surface area contributed by atoms with Crippen molar-refractivity contribution >= 4 is 21.6 Å². The zero-order valence-electron chi connectivity index (χ0n) is 19.3. The second kappa shape index (κ2) is 10.7. The molecular weight excluding hydrogens is 412 g/mol. The highest BCUT2D eigenvalue weighted by molar-refractivity contribution is 7.92. The van der Waals surface area contributed by atoms with Crippen LogP contribution in [0.1, 0.15) is 57.2 Å². The van der Waals surface area contributed by atoms with Crippen LogP contribution >= 0.6 is 0 Å². The summed E-state index contributed by atoms with van der Waals surface area (Å²) < 4.78 is 31.2. The quantitative estimate of drug-likeness (QED) is 0.583. The third-order valence-corrected chi connectivity index (χ3v) is 6.24. The summed E-state index contributed by atoms with van der Waals surface area (Å²) in [7, 11) is -2.02. The van der Waals surface area contributed by atoms with E-state index in [1.165, 1.54) is 0 Å². The van der Waals surface area contributed by atoms with E-state index >= 15 is 0 Å². The summed E-state index contributed by atoms with van der Waals surface area (Å²) in [6, 6.07) is 14.6. The Morgan fingerprint density at radius 3 is 1.97 bits per heavy atom. The molecule has 31 heavy (non-hydrogen) atoms. The minimum Gasteiger partial charge on any atom is -0.497 e. The predicted molar refractivity (Wildman–Crippen MR) is 126 cm³/mol. The minimum absolute atomic E-state index is 0.219. The Bertz CT molecular complexity index is 952. The van der Waals surface area contributed by atoms with E-state index in [4.69, 9.17) is 4.74 Å². The maximum atomic E-state index is 12.9. The molecule has 0 saturated carbocycles. The van der Waals surface area contributed by atoms with E-state index in [1.54, 1.807) is 19.2 Å². The summed E-state index contributed by atoms with van der Waals surface area (Å²) in [4.78, 5) is 12.9. The molecule has 0 fully saturated rings. The van der Waals surface area contributed by atoms with E-state index < -0.39 is 10.0 Å². The fourth-order valence-electron chi connectivity index (χ4n) is 3.38. The van der Waals surface area contributed by atoms with Gasteiger partial charge in [0.05, 0.1) is 25.1 Å². The van der Waals surface area contributed by atoms with E-state index in [9.17, 15) is 13.2 Å². The van der Waals surface area contributed by atoms with Gasteiger partial charge in [0.25, 0.3) is 0 Å². The summed E-state index contributed by atoms with van der Waals surface area (Å²) in [5.41, 5.74) is 2.54. The number of nitrogens with zero attached hydrogens (tertiary/aromatic N) is 1. The maximum absolute atomic E-state index is 12.9. The molecule has 1 unspecified atom stereocenters. The van der Waals surface area contributed by atoms with Gasteiger partial charge in [-0.05, 0) is 53.6 Å². The number of benzene rings is 2. The van der Waals surface area contributed by atoms with Crippen LogP contribution in [0.5, 0.6) is 5.75 Å². The van der Waals surface area contributed by atoms with Crippen LogP contribution in [0, 0.1) is 5.92 Å². The number of carbonyl (C=O) groups excluding carboxylic acids is 1. The van der Waals surface area contributed by atoms with Gasteiger partial charge in [-0.15, -0.1) is 0 Å². The molecule has 0 aliphatic carbocycles. The molecule has 2 aromatic carbocycles. The number of hydrogen-bond acceptors (Lipinski definition) is 4. The van der Waals surface area contributed by atoms with E-state index in [1.807, 2.05) is 36.4 Å². The van der Waals surface area contributed by atoms with Crippen LogP contribution in [0.25, 0.3) is 0 Å². The third-order valence-electron chi connectivity index (χ3n) is 5.10. The first kappa shape index (κ1) is 24.7. The third kappa shape index (κ3) is 7.28. The molecule has 1 atom stereocenters. The molecule has 0 aromatic heterocycles. The summed E-state index contributed by atoms with van der Waals surface area (Å²) in [6.07, 6.45) is 1.85. The lowest BCUT2D eigenvalue weighted by molar-refractivity contribution is -0.120. The van der Waals surface area contributed by atoms with Gasteiger partial charge in [-0.1, -0.05) is 52.0 Å². The second-order valence-corrected chi connectivity index (χ2v) is 10.4. The van der Waals surface area contributed by atoms with E-state index in [0.29, 0.717) is 17.5 Å². The molecule has 0 aliphatic heterocycles. The molecule has 170 valence electrons. The Hall–Kier alpha value is -2.54. The monoisotopic (exact) mass is 446 g/mol. The first-order valence-corrected chi connectivity index (χ1v) is 12.4. The number of amides is 1. The first-order valence-electron chi connectivity index (χ1n) is 10.5. The Balaban J connectivity index is 2.22.